The van der Waals surface area contributed by atoms with Crippen LogP contribution in [-0.4, -0.2) is 31.6 Å². The number of H-pyrrole nitrogens is 1. The highest BCUT2D eigenvalue weighted by molar-refractivity contribution is 7.92. The fourth-order valence-corrected chi connectivity index (χ4v) is 4.07. The number of aromatic amines is 1. The second-order valence-electron chi connectivity index (χ2n) is 6.66. The van der Waals surface area contributed by atoms with Gasteiger partial charge in [-0.05, 0) is 42.3 Å². The maximum atomic E-state index is 12.5. The van der Waals surface area contributed by atoms with Crippen LogP contribution in [0.25, 0.3) is 10.9 Å². The first kappa shape index (κ1) is 16.7. The van der Waals surface area contributed by atoms with Gasteiger partial charge in [0.25, 0.3) is 5.91 Å². The molecule has 1 amide bonds. The standard InChI is InChI=1S/C19H19N3O3S/c1-26(24,25)22-13-8-6-12(7-9-13)19(23)20-14-10-16-15-4-2-3-5-17(15)21-18(16)11-14/h2-9,14,21-22H,10-11H2,1H3,(H,20,23). The highest BCUT2D eigenvalue weighted by Gasteiger charge is 2.26. The molecule has 6 nitrogen and oxygen atoms in total. The van der Waals surface area contributed by atoms with E-state index in [1.165, 1.54) is 16.6 Å². The maximum Gasteiger partial charge on any atom is 0.251 e. The van der Waals surface area contributed by atoms with Crippen LogP contribution in [0.15, 0.2) is 48.5 Å². The first-order valence-electron chi connectivity index (χ1n) is 8.36. The van der Waals surface area contributed by atoms with E-state index in [-0.39, 0.29) is 11.9 Å². The van der Waals surface area contributed by atoms with Gasteiger partial charge in [0, 0.05) is 40.3 Å². The smallest absolute Gasteiger partial charge is 0.251 e. The highest BCUT2D eigenvalue weighted by atomic mass is 32.2. The number of anilines is 1. The third-order valence-electron chi connectivity index (χ3n) is 4.59. The Hall–Kier alpha value is -2.80. The fourth-order valence-electron chi connectivity index (χ4n) is 3.50. The molecule has 1 unspecified atom stereocenters. The van der Waals surface area contributed by atoms with Crippen molar-refractivity contribution < 1.29 is 13.2 Å². The Bertz CT molecular complexity index is 1080. The average Bonchev–Trinajstić information content (AvgIpc) is 3.11. The van der Waals surface area contributed by atoms with Crippen molar-refractivity contribution in [1.29, 1.82) is 0 Å². The molecular weight excluding hydrogens is 350 g/mol. The number of aromatic nitrogens is 1. The molecule has 1 aromatic heterocycles. The van der Waals surface area contributed by atoms with Gasteiger partial charge in [0.05, 0.1) is 6.26 Å². The molecule has 26 heavy (non-hydrogen) atoms. The van der Waals surface area contributed by atoms with E-state index in [1.54, 1.807) is 24.3 Å². The quantitative estimate of drug-likeness (QED) is 0.660. The number of sulfonamides is 1. The van der Waals surface area contributed by atoms with E-state index in [0.717, 1.165) is 24.6 Å². The van der Waals surface area contributed by atoms with E-state index in [9.17, 15) is 13.2 Å². The van der Waals surface area contributed by atoms with Gasteiger partial charge in [-0.1, -0.05) is 18.2 Å². The molecule has 1 aliphatic rings. The topological polar surface area (TPSA) is 91.1 Å². The number of nitrogens with one attached hydrogen (secondary N) is 3. The molecule has 0 spiro atoms. The summed E-state index contributed by atoms with van der Waals surface area (Å²) >= 11 is 0. The lowest BCUT2D eigenvalue weighted by atomic mass is 10.1. The van der Waals surface area contributed by atoms with Gasteiger partial charge >= 0.3 is 0 Å². The van der Waals surface area contributed by atoms with Gasteiger partial charge in [-0.15, -0.1) is 0 Å². The molecule has 0 bridgehead atoms. The van der Waals surface area contributed by atoms with Crippen LogP contribution in [0.5, 0.6) is 0 Å². The summed E-state index contributed by atoms with van der Waals surface area (Å²) in [5.41, 5.74) is 4.54. The van der Waals surface area contributed by atoms with E-state index in [1.807, 2.05) is 12.1 Å². The second kappa shape index (κ2) is 6.17. The van der Waals surface area contributed by atoms with E-state index in [0.29, 0.717) is 11.3 Å². The second-order valence-corrected chi connectivity index (χ2v) is 8.41. The Morgan fingerprint density at radius 3 is 2.54 bits per heavy atom. The maximum absolute atomic E-state index is 12.5. The zero-order chi connectivity index (χ0) is 18.3. The number of hydrogen-bond donors (Lipinski definition) is 3. The van der Waals surface area contributed by atoms with Crippen molar-refractivity contribution in [3.05, 3.63) is 65.4 Å². The predicted octanol–water partition coefficient (Wildman–Crippen LogP) is 2.44. The van der Waals surface area contributed by atoms with Crippen molar-refractivity contribution in [2.24, 2.45) is 0 Å². The third kappa shape index (κ3) is 3.30. The van der Waals surface area contributed by atoms with Crippen LogP contribution in [0, 0.1) is 0 Å². The number of hydrogen-bond acceptors (Lipinski definition) is 3. The lowest BCUT2D eigenvalue weighted by molar-refractivity contribution is 0.0938. The van der Waals surface area contributed by atoms with E-state index >= 15 is 0 Å². The van der Waals surface area contributed by atoms with Crippen molar-refractivity contribution in [3.8, 4) is 0 Å². The van der Waals surface area contributed by atoms with Crippen LogP contribution in [-0.2, 0) is 22.9 Å². The first-order chi connectivity index (χ1) is 12.4. The number of fused-ring (bicyclic) bond motifs is 3. The largest absolute Gasteiger partial charge is 0.358 e. The van der Waals surface area contributed by atoms with E-state index in [4.69, 9.17) is 0 Å². The van der Waals surface area contributed by atoms with Crippen molar-refractivity contribution in [1.82, 2.24) is 10.3 Å². The molecule has 3 aromatic rings. The zero-order valence-corrected chi connectivity index (χ0v) is 15.1. The summed E-state index contributed by atoms with van der Waals surface area (Å²) in [5.74, 6) is -0.157. The fraction of sp³-hybridized carbons (Fsp3) is 0.211. The number of para-hydroxylation sites is 1. The lowest BCUT2D eigenvalue weighted by Crippen LogP contribution is -2.35. The Morgan fingerprint density at radius 2 is 1.81 bits per heavy atom. The SMILES string of the molecule is CS(=O)(=O)Nc1ccc(C(=O)NC2Cc3[nH]c4ccccc4c3C2)cc1. The molecule has 0 radical (unpaired) electrons. The molecule has 7 heteroatoms. The Morgan fingerprint density at radius 1 is 1.08 bits per heavy atom. The molecule has 1 heterocycles. The molecule has 1 aliphatic carbocycles. The van der Waals surface area contributed by atoms with Crippen LogP contribution < -0.4 is 10.0 Å². The van der Waals surface area contributed by atoms with Gasteiger partial charge in [-0.2, -0.15) is 0 Å². The van der Waals surface area contributed by atoms with Gasteiger partial charge in [0.15, 0.2) is 0 Å². The van der Waals surface area contributed by atoms with Gasteiger partial charge in [0.2, 0.25) is 10.0 Å². The van der Waals surface area contributed by atoms with Crippen molar-refractivity contribution in [3.63, 3.8) is 0 Å². The zero-order valence-electron chi connectivity index (χ0n) is 14.2. The molecule has 2 aromatic carbocycles. The molecule has 0 saturated carbocycles. The minimum atomic E-state index is -3.33. The summed E-state index contributed by atoms with van der Waals surface area (Å²) in [4.78, 5) is 15.9. The molecular formula is C19H19N3O3S. The van der Waals surface area contributed by atoms with E-state index in [2.05, 4.69) is 27.2 Å². The van der Waals surface area contributed by atoms with Crippen LogP contribution in [0.4, 0.5) is 5.69 Å². The minimum Gasteiger partial charge on any atom is -0.358 e. The number of carbonyl (C=O) groups is 1. The summed E-state index contributed by atoms with van der Waals surface area (Å²) in [6, 6.07) is 14.7. The molecule has 0 fully saturated rings. The number of amides is 1. The van der Waals surface area contributed by atoms with Gasteiger partial charge in [-0.25, -0.2) is 8.42 Å². The summed E-state index contributed by atoms with van der Waals surface area (Å²) in [5, 5.41) is 4.28. The number of benzene rings is 2. The minimum absolute atomic E-state index is 0.0576. The summed E-state index contributed by atoms with van der Waals surface area (Å²) in [6.45, 7) is 0. The average molecular weight is 369 g/mol. The third-order valence-corrected chi connectivity index (χ3v) is 5.20. The molecule has 0 saturated heterocycles. The normalized spacial score (nSPS) is 16.4. The number of carbonyl (C=O) groups excluding carboxylic acids is 1. The van der Waals surface area contributed by atoms with Gasteiger partial charge in [-0.3, -0.25) is 9.52 Å². The molecule has 0 aliphatic heterocycles. The van der Waals surface area contributed by atoms with Gasteiger partial charge < -0.3 is 10.3 Å². The monoisotopic (exact) mass is 369 g/mol. The van der Waals surface area contributed by atoms with Crippen LogP contribution in [0.2, 0.25) is 0 Å². The summed E-state index contributed by atoms with van der Waals surface area (Å²) in [6.07, 6.45) is 2.67. The lowest BCUT2D eigenvalue weighted by Gasteiger charge is -2.13. The Balaban J connectivity index is 1.44. The van der Waals surface area contributed by atoms with Crippen molar-refractivity contribution >= 4 is 32.5 Å². The summed E-state index contributed by atoms with van der Waals surface area (Å²) in [7, 11) is -3.33. The van der Waals surface area contributed by atoms with E-state index < -0.39 is 10.0 Å². The highest BCUT2D eigenvalue weighted by Crippen LogP contribution is 2.30. The molecule has 4 rings (SSSR count). The molecule has 3 N–H and O–H groups in total. The van der Waals surface area contributed by atoms with Crippen molar-refractivity contribution in [2.75, 3.05) is 11.0 Å². The molecule has 1 atom stereocenters. The van der Waals surface area contributed by atoms with Gasteiger partial charge in [0.1, 0.15) is 0 Å². The van der Waals surface area contributed by atoms with Crippen LogP contribution in [0.3, 0.4) is 0 Å². The first-order valence-corrected chi connectivity index (χ1v) is 10.3. The number of rotatable bonds is 4. The Kier molecular flexibility index (Phi) is 3.96. The van der Waals surface area contributed by atoms with Crippen LogP contribution in [0.1, 0.15) is 21.6 Å². The summed E-state index contributed by atoms with van der Waals surface area (Å²) < 4.78 is 24.8. The Labute approximate surface area is 151 Å². The molecule has 134 valence electrons. The van der Waals surface area contributed by atoms with Crippen molar-refractivity contribution in [2.45, 2.75) is 18.9 Å². The van der Waals surface area contributed by atoms with Crippen LogP contribution >= 0.6 is 0 Å². The predicted molar refractivity (Wildman–Crippen MR) is 102 cm³/mol.